The van der Waals surface area contributed by atoms with Crippen molar-refractivity contribution in [3.8, 4) is 0 Å². The van der Waals surface area contributed by atoms with E-state index in [4.69, 9.17) is 0 Å². The number of carboxylic acid groups (broad SMARTS) is 1. The second-order valence-corrected chi connectivity index (χ2v) is 6.94. The van der Waals surface area contributed by atoms with E-state index in [9.17, 15) is 9.90 Å². The SMILES string of the molecule is O=C([O-])C1=[N+](C2CCCCC2)CCCN1C1CCCCC1. The van der Waals surface area contributed by atoms with Crippen LogP contribution in [0, 0.1) is 0 Å². The fourth-order valence-electron chi connectivity index (χ4n) is 4.52. The fraction of sp³-hybridized carbons (Fsp3) is 0.882. The minimum atomic E-state index is -0.953. The molecule has 0 spiro atoms. The first kappa shape index (κ1) is 14.9. The van der Waals surface area contributed by atoms with Crippen LogP contribution >= 0.6 is 0 Å². The number of hydrogen-bond acceptors (Lipinski definition) is 3. The normalized spacial score (nSPS) is 26.2. The van der Waals surface area contributed by atoms with E-state index in [1.165, 1.54) is 38.5 Å². The number of carboxylic acids is 1. The molecule has 2 saturated carbocycles. The number of hydrogen-bond donors (Lipinski definition) is 0. The van der Waals surface area contributed by atoms with Crippen molar-refractivity contribution in [2.75, 3.05) is 13.1 Å². The molecule has 0 unspecified atom stereocenters. The number of amidine groups is 1. The van der Waals surface area contributed by atoms with Gasteiger partial charge in [0.2, 0.25) is 0 Å². The summed E-state index contributed by atoms with van der Waals surface area (Å²) in [5.74, 6) is -0.439. The number of rotatable bonds is 3. The van der Waals surface area contributed by atoms with E-state index < -0.39 is 5.97 Å². The number of aliphatic carboxylic acids is 1. The van der Waals surface area contributed by atoms with Crippen LogP contribution in [0.1, 0.15) is 70.6 Å². The van der Waals surface area contributed by atoms with Crippen LogP contribution in [0.3, 0.4) is 0 Å². The molecule has 0 aromatic carbocycles. The summed E-state index contributed by atoms with van der Waals surface area (Å²) in [5.41, 5.74) is 0. The lowest BCUT2D eigenvalue weighted by Gasteiger charge is -2.37. The Balaban J connectivity index is 1.86. The van der Waals surface area contributed by atoms with Crippen LogP contribution in [-0.2, 0) is 4.79 Å². The van der Waals surface area contributed by atoms with E-state index in [2.05, 4.69) is 9.48 Å². The Kier molecular flexibility index (Phi) is 4.81. The number of carbonyl (C=O) groups is 1. The maximum atomic E-state index is 11.8. The second kappa shape index (κ2) is 6.80. The van der Waals surface area contributed by atoms with Gasteiger partial charge in [-0.25, -0.2) is 0 Å². The van der Waals surface area contributed by atoms with Crippen molar-refractivity contribution in [1.82, 2.24) is 4.90 Å². The van der Waals surface area contributed by atoms with Crippen molar-refractivity contribution in [1.29, 1.82) is 0 Å². The van der Waals surface area contributed by atoms with Gasteiger partial charge in [0.15, 0.2) is 5.97 Å². The van der Waals surface area contributed by atoms with E-state index in [1.807, 2.05) is 0 Å². The average molecular weight is 292 g/mol. The first-order valence-electron chi connectivity index (χ1n) is 8.89. The summed E-state index contributed by atoms with van der Waals surface area (Å²) < 4.78 is 2.19. The molecule has 21 heavy (non-hydrogen) atoms. The zero-order valence-corrected chi connectivity index (χ0v) is 13.1. The molecule has 0 saturated heterocycles. The minimum Gasteiger partial charge on any atom is -0.538 e. The molecule has 0 atom stereocenters. The van der Waals surface area contributed by atoms with E-state index in [1.54, 1.807) is 0 Å². The van der Waals surface area contributed by atoms with Gasteiger partial charge in [-0.15, -0.1) is 0 Å². The molecule has 4 heteroatoms. The van der Waals surface area contributed by atoms with Gasteiger partial charge in [0.25, 0.3) is 5.84 Å². The average Bonchev–Trinajstić information content (AvgIpc) is 2.55. The van der Waals surface area contributed by atoms with Crippen LogP contribution < -0.4 is 5.11 Å². The molecule has 0 bridgehead atoms. The maximum Gasteiger partial charge on any atom is 0.295 e. The first-order valence-corrected chi connectivity index (χ1v) is 8.89. The predicted molar refractivity (Wildman–Crippen MR) is 80.2 cm³/mol. The van der Waals surface area contributed by atoms with Gasteiger partial charge in [0.05, 0.1) is 25.2 Å². The Hall–Kier alpha value is -1.06. The lowest BCUT2D eigenvalue weighted by atomic mass is 9.92. The molecule has 0 amide bonds. The standard InChI is InChI=1S/C17H28N2O2/c20-17(21)16-18(14-8-3-1-4-9-14)12-7-13-19(16)15-10-5-2-6-11-15/h14-15H,1-13H2. The monoisotopic (exact) mass is 292 g/mol. The van der Waals surface area contributed by atoms with Gasteiger partial charge in [-0.05, 0) is 51.4 Å². The van der Waals surface area contributed by atoms with Crippen molar-refractivity contribution < 1.29 is 14.5 Å². The van der Waals surface area contributed by atoms with Gasteiger partial charge in [0.1, 0.15) is 0 Å². The largest absolute Gasteiger partial charge is 0.538 e. The summed E-state index contributed by atoms with van der Waals surface area (Å²) in [4.78, 5) is 14.0. The van der Waals surface area contributed by atoms with Gasteiger partial charge in [0, 0.05) is 6.42 Å². The van der Waals surface area contributed by atoms with E-state index in [0.717, 1.165) is 45.2 Å². The lowest BCUT2D eigenvalue weighted by Crippen LogP contribution is -2.58. The van der Waals surface area contributed by atoms with Crippen molar-refractivity contribution in [3.63, 3.8) is 0 Å². The summed E-state index contributed by atoms with van der Waals surface area (Å²) >= 11 is 0. The molecular formula is C17H28N2O2. The van der Waals surface area contributed by atoms with Gasteiger partial charge in [-0.3, -0.25) is 9.48 Å². The van der Waals surface area contributed by atoms with Crippen LogP contribution in [0.5, 0.6) is 0 Å². The van der Waals surface area contributed by atoms with Crippen molar-refractivity contribution >= 4 is 11.8 Å². The van der Waals surface area contributed by atoms with Crippen LogP contribution in [-0.4, -0.2) is 46.5 Å². The molecule has 0 radical (unpaired) electrons. The molecule has 118 valence electrons. The molecule has 3 rings (SSSR count). The van der Waals surface area contributed by atoms with Crippen molar-refractivity contribution in [2.24, 2.45) is 0 Å². The first-order chi connectivity index (χ1) is 10.3. The second-order valence-electron chi connectivity index (χ2n) is 6.94. The Bertz CT molecular complexity index is 407. The zero-order chi connectivity index (χ0) is 14.7. The predicted octanol–water partition coefficient (Wildman–Crippen LogP) is 1.52. The molecule has 4 nitrogen and oxygen atoms in total. The molecule has 0 aromatic heterocycles. The van der Waals surface area contributed by atoms with Crippen LogP contribution in [0.4, 0.5) is 0 Å². The summed E-state index contributed by atoms with van der Waals surface area (Å²) in [6.45, 7) is 1.80. The van der Waals surface area contributed by atoms with Crippen LogP contribution in [0.15, 0.2) is 0 Å². The van der Waals surface area contributed by atoms with E-state index >= 15 is 0 Å². The third-order valence-corrected chi connectivity index (χ3v) is 5.56. The molecule has 1 aliphatic heterocycles. The van der Waals surface area contributed by atoms with Gasteiger partial charge >= 0.3 is 0 Å². The lowest BCUT2D eigenvalue weighted by molar-refractivity contribution is -0.580. The molecule has 0 N–H and O–H groups in total. The fourth-order valence-corrected chi connectivity index (χ4v) is 4.52. The Morgan fingerprint density at radius 3 is 2.19 bits per heavy atom. The van der Waals surface area contributed by atoms with Gasteiger partial charge in [-0.2, -0.15) is 0 Å². The van der Waals surface area contributed by atoms with E-state index in [-0.39, 0.29) is 0 Å². The summed E-state index contributed by atoms with van der Waals surface area (Å²) in [6.07, 6.45) is 13.2. The minimum absolute atomic E-state index is 0.429. The topological polar surface area (TPSA) is 46.4 Å². The molecule has 0 aromatic rings. The zero-order valence-electron chi connectivity index (χ0n) is 13.1. The van der Waals surface area contributed by atoms with Crippen molar-refractivity contribution in [3.05, 3.63) is 0 Å². The highest BCUT2D eigenvalue weighted by molar-refractivity contribution is 6.31. The Morgan fingerprint density at radius 1 is 0.952 bits per heavy atom. The highest BCUT2D eigenvalue weighted by Gasteiger charge is 2.37. The summed E-state index contributed by atoms with van der Waals surface area (Å²) in [7, 11) is 0. The molecule has 2 aliphatic carbocycles. The third kappa shape index (κ3) is 3.24. The number of carbonyl (C=O) groups excluding carboxylic acids is 1. The third-order valence-electron chi connectivity index (χ3n) is 5.56. The Labute approximate surface area is 127 Å². The number of nitrogens with zero attached hydrogens (tertiary/aromatic N) is 2. The molecular weight excluding hydrogens is 264 g/mol. The highest BCUT2D eigenvalue weighted by atomic mass is 16.4. The van der Waals surface area contributed by atoms with E-state index in [0.29, 0.717) is 17.9 Å². The summed E-state index contributed by atoms with van der Waals surface area (Å²) in [6, 6.07) is 0.857. The van der Waals surface area contributed by atoms with Gasteiger partial charge in [-0.1, -0.05) is 12.8 Å². The molecule has 3 aliphatic rings. The van der Waals surface area contributed by atoms with Crippen LogP contribution in [0.25, 0.3) is 0 Å². The summed E-state index contributed by atoms with van der Waals surface area (Å²) in [5, 5.41) is 11.8. The molecule has 1 heterocycles. The maximum absolute atomic E-state index is 11.8. The van der Waals surface area contributed by atoms with Crippen LogP contribution in [0.2, 0.25) is 0 Å². The van der Waals surface area contributed by atoms with Gasteiger partial charge < -0.3 is 9.90 Å². The smallest absolute Gasteiger partial charge is 0.295 e. The molecule has 2 fully saturated rings. The quantitative estimate of drug-likeness (QED) is 0.741. The Morgan fingerprint density at radius 2 is 1.57 bits per heavy atom. The van der Waals surface area contributed by atoms with Crippen molar-refractivity contribution in [2.45, 2.75) is 82.7 Å². The highest BCUT2D eigenvalue weighted by Crippen LogP contribution is 2.27.